The van der Waals surface area contributed by atoms with Crippen molar-refractivity contribution in [1.82, 2.24) is 0 Å². The van der Waals surface area contributed by atoms with Crippen molar-refractivity contribution in [3.8, 4) is 0 Å². The van der Waals surface area contributed by atoms with Gasteiger partial charge in [-0.3, -0.25) is 0 Å². The van der Waals surface area contributed by atoms with Crippen LogP contribution in [0.4, 0.5) is 0 Å². The first-order chi connectivity index (χ1) is 4.31. The zero-order chi connectivity index (χ0) is 7.11. The van der Waals surface area contributed by atoms with E-state index in [4.69, 9.17) is 10.8 Å². The summed E-state index contributed by atoms with van der Waals surface area (Å²) in [5.74, 6) is 0.163. The van der Waals surface area contributed by atoms with Crippen LogP contribution in [0.1, 0.15) is 6.92 Å². The highest BCUT2D eigenvalue weighted by Crippen LogP contribution is 1.88. The highest BCUT2D eigenvalue weighted by atomic mass is 16.3. The van der Waals surface area contributed by atoms with Crippen molar-refractivity contribution >= 4 is 0 Å². The molecule has 0 atom stereocenters. The highest BCUT2D eigenvalue weighted by Gasteiger charge is 1.76. The highest BCUT2D eigenvalue weighted by molar-refractivity contribution is 5.15. The second-order valence-electron chi connectivity index (χ2n) is 1.48. The molecule has 0 aromatic heterocycles. The summed E-state index contributed by atoms with van der Waals surface area (Å²) in [5.41, 5.74) is 5.00. The quantitative estimate of drug-likeness (QED) is 0.433. The smallest absolute Gasteiger partial charge is 0.116 e. The first-order valence-corrected chi connectivity index (χ1v) is 2.71. The molecule has 0 rings (SSSR count). The van der Waals surface area contributed by atoms with Crippen LogP contribution in [-0.4, -0.2) is 5.11 Å². The fourth-order valence-electron chi connectivity index (χ4n) is 0.349. The minimum Gasteiger partial charge on any atom is -0.508 e. The van der Waals surface area contributed by atoms with Crippen molar-refractivity contribution in [2.75, 3.05) is 0 Å². The Bertz CT molecular complexity index is 145. The third-order valence-electron chi connectivity index (χ3n) is 0.726. The maximum Gasteiger partial charge on any atom is 0.116 e. The van der Waals surface area contributed by atoms with Gasteiger partial charge in [0, 0.05) is 0 Å². The van der Waals surface area contributed by atoms with Gasteiger partial charge in [0.2, 0.25) is 0 Å². The molecule has 3 N–H and O–H groups in total. The van der Waals surface area contributed by atoms with Gasteiger partial charge in [-0.05, 0) is 25.3 Å². The number of nitrogens with two attached hydrogens (primary N) is 1. The summed E-state index contributed by atoms with van der Waals surface area (Å²) in [6.07, 6.45) is 7.81. The predicted octanol–water partition coefficient (Wildman–Crippen LogP) is 1.48. The molecular weight excluding hydrogens is 114 g/mol. The summed E-state index contributed by atoms with van der Waals surface area (Å²) in [6.45, 7) is 1.87. The Morgan fingerprint density at radius 2 is 2.22 bits per heavy atom. The van der Waals surface area contributed by atoms with E-state index >= 15 is 0 Å². The topological polar surface area (TPSA) is 46.2 Å². The maximum atomic E-state index is 8.82. The maximum absolute atomic E-state index is 8.82. The van der Waals surface area contributed by atoms with E-state index in [9.17, 15) is 0 Å². The molecule has 0 aliphatic heterocycles. The Morgan fingerprint density at radius 1 is 1.56 bits per heavy atom. The van der Waals surface area contributed by atoms with E-state index in [1.807, 2.05) is 13.0 Å². The Kier molecular flexibility index (Phi) is 4.32. The van der Waals surface area contributed by atoms with Gasteiger partial charge in [0.15, 0.2) is 0 Å². The van der Waals surface area contributed by atoms with Gasteiger partial charge in [-0.15, -0.1) is 0 Å². The van der Waals surface area contributed by atoms with Gasteiger partial charge in [0.1, 0.15) is 5.76 Å². The molecular formula is C7H11NO. The molecule has 0 aromatic rings. The SMILES string of the molecule is C/C=C/C=C(O)\C=C/N. The number of allylic oxidation sites excluding steroid dienone is 4. The molecule has 0 amide bonds. The van der Waals surface area contributed by atoms with Gasteiger partial charge in [0.05, 0.1) is 0 Å². The standard InChI is InChI=1S/C7H11NO/c1-2-3-4-7(9)5-6-8/h2-6,9H,8H2,1H3/b3-2+,6-5-,7-4+. The first-order valence-electron chi connectivity index (χ1n) is 2.71. The second-order valence-corrected chi connectivity index (χ2v) is 1.48. The minimum atomic E-state index is 0.163. The molecule has 0 aliphatic rings. The Balaban J connectivity index is 3.84. The first kappa shape index (κ1) is 7.82. The fourth-order valence-corrected chi connectivity index (χ4v) is 0.349. The largest absolute Gasteiger partial charge is 0.508 e. The number of rotatable bonds is 2. The molecule has 0 fully saturated rings. The van der Waals surface area contributed by atoms with E-state index < -0.39 is 0 Å². The van der Waals surface area contributed by atoms with Crippen LogP contribution in [0, 0.1) is 0 Å². The lowest BCUT2D eigenvalue weighted by Gasteiger charge is -1.83. The monoisotopic (exact) mass is 125 g/mol. The number of aliphatic hydroxyl groups is 1. The van der Waals surface area contributed by atoms with Crippen LogP contribution in [0.25, 0.3) is 0 Å². The van der Waals surface area contributed by atoms with Gasteiger partial charge < -0.3 is 10.8 Å². The van der Waals surface area contributed by atoms with Crippen LogP contribution in [0.3, 0.4) is 0 Å². The van der Waals surface area contributed by atoms with Crippen LogP contribution >= 0.6 is 0 Å². The minimum absolute atomic E-state index is 0.163. The summed E-state index contributed by atoms with van der Waals surface area (Å²) < 4.78 is 0. The van der Waals surface area contributed by atoms with Gasteiger partial charge in [-0.1, -0.05) is 12.2 Å². The second kappa shape index (κ2) is 4.97. The summed E-state index contributed by atoms with van der Waals surface area (Å²) in [7, 11) is 0. The van der Waals surface area contributed by atoms with E-state index in [2.05, 4.69) is 0 Å². The third-order valence-corrected chi connectivity index (χ3v) is 0.726. The average molecular weight is 125 g/mol. The molecule has 0 spiro atoms. The Hall–Kier alpha value is -1.18. The Morgan fingerprint density at radius 3 is 2.67 bits per heavy atom. The molecule has 2 nitrogen and oxygen atoms in total. The number of hydrogen-bond donors (Lipinski definition) is 2. The van der Waals surface area contributed by atoms with Gasteiger partial charge >= 0.3 is 0 Å². The molecule has 0 bridgehead atoms. The molecule has 0 saturated carbocycles. The summed E-state index contributed by atoms with van der Waals surface area (Å²) in [5, 5.41) is 8.82. The van der Waals surface area contributed by atoms with Crippen molar-refractivity contribution in [3.05, 3.63) is 36.3 Å². The molecule has 0 heterocycles. The van der Waals surface area contributed by atoms with E-state index in [1.54, 1.807) is 12.2 Å². The fraction of sp³-hybridized carbons (Fsp3) is 0.143. The Labute approximate surface area is 55.0 Å². The average Bonchev–Trinajstić information content (AvgIpc) is 1.85. The van der Waals surface area contributed by atoms with E-state index in [-0.39, 0.29) is 5.76 Å². The zero-order valence-corrected chi connectivity index (χ0v) is 5.41. The normalized spacial score (nSPS) is 13.7. The van der Waals surface area contributed by atoms with Crippen molar-refractivity contribution in [1.29, 1.82) is 0 Å². The molecule has 0 radical (unpaired) electrons. The van der Waals surface area contributed by atoms with Crippen LogP contribution in [-0.2, 0) is 0 Å². The molecule has 0 unspecified atom stereocenters. The van der Waals surface area contributed by atoms with Crippen molar-refractivity contribution < 1.29 is 5.11 Å². The predicted molar refractivity (Wildman–Crippen MR) is 38.9 cm³/mol. The van der Waals surface area contributed by atoms with Crippen LogP contribution in [0.2, 0.25) is 0 Å². The molecule has 50 valence electrons. The molecule has 0 aromatic carbocycles. The molecule has 9 heavy (non-hydrogen) atoms. The van der Waals surface area contributed by atoms with Crippen LogP contribution < -0.4 is 5.73 Å². The van der Waals surface area contributed by atoms with Gasteiger partial charge in [-0.25, -0.2) is 0 Å². The van der Waals surface area contributed by atoms with E-state index in [1.165, 1.54) is 12.3 Å². The molecule has 0 aliphatic carbocycles. The lowest BCUT2D eigenvalue weighted by molar-refractivity contribution is 0.432. The van der Waals surface area contributed by atoms with Gasteiger partial charge in [0.25, 0.3) is 0 Å². The van der Waals surface area contributed by atoms with Crippen molar-refractivity contribution in [3.63, 3.8) is 0 Å². The number of aliphatic hydroxyl groups excluding tert-OH is 1. The summed E-state index contributed by atoms with van der Waals surface area (Å²) in [4.78, 5) is 0. The lowest BCUT2D eigenvalue weighted by atomic mass is 10.4. The number of hydrogen-bond acceptors (Lipinski definition) is 2. The lowest BCUT2D eigenvalue weighted by Crippen LogP contribution is -1.78. The van der Waals surface area contributed by atoms with E-state index in [0.717, 1.165) is 0 Å². The van der Waals surface area contributed by atoms with Crippen LogP contribution in [0.15, 0.2) is 36.3 Å². The zero-order valence-electron chi connectivity index (χ0n) is 5.41. The van der Waals surface area contributed by atoms with Crippen molar-refractivity contribution in [2.24, 2.45) is 5.73 Å². The summed E-state index contributed by atoms with van der Waals surface area (Å²) in [6, 6.07) is 0. The molecule has 2 heteroatoms. The van der Waals surface area contributed by atoms with Gasteiger partial charge in [-0.2, -0.15) is 0 Å². The van der Waals surface area contributed by atoms with Crippen molar-refractivity contribution in [2.45, 2.75) is 6.92 Å². The summed E-state index contributed by atoms with van der Waals surface area (Å²) >= 11 is 0. The third kappa shape index (κ3) is 4.68. The van der Waals surface area contributed by atoms with E-state index in [0.29, 0.717) is 0 Å². The van der Waals surface area contributed by atoms with Crippen LogP contribution in [0.5, 0.6) is 0 Å². The molecule has 0 saturated heterocycles.